The fraction of sp³-hybridized carbons (Fsp3) is 0. The highest BCUT2D eigenvalue weighted by molar-refractivity contribution is 5.51. The first-order valence-electron chi connectivity index (χ1n) is 2.87. The van der Waals surface area contributed by atoms with Gasteiger partial charge in [-0.25, -0.2) is 0 Å². The van der Waals surface area contributed by atoms with Crippen molar-refractivity contribution in [2.24, 2.45) is 4.99 Å². The van der Waals surface area contributed by atoms with Crippen LogP contribution in [0.2, 0.25) is 0 Å². The molecule has 0 fully saturated rings. The van der Waals surface area contributed by atoms with Crippen LogP contribution < -0.4 is 4.74 Å². The third-order valence-electron chi connectivity index (χ3n) is 0.993. The Morgan fingerprint density at radius 2 is 2.00 bits per heavy atom. The van der Waals surface area contributed by atoms with Gasteiger partial charge in [0.15, 0.2) is 6.40 Å². The number of benzene rings is 1. The summed E-state index contributed by atoms with van der Waals surface area (Å²) in [5.41, 5.74) is 0. The number of rotatable bonds is 2. The Hall–Kier alpha value is -1.31. The summed E-state index contributed by atoms with van der Waals surface area (Å²) in [5, 5.41) is 0. The molecule has 2 heteroatoms. The maximum atomic E-state index is 4.94. The topological polar surface area (TPSA) is 21.6 Å². The fourth-order valence-electron chi connectivity index (χ4n) is 0.590. The van der Waals surface area contributed by atoms with E-state index in [2.05, 4.69) is 4.99 Å². The average molecular weight is 133 g/mol. The van der Waals surface area contributed by atoms with Crippen LogP contribution in [-0.4, -0.2) is 6.40 Å². The SMILES string of the molecule is [CH]/N=C/Oc1ccccc1. The lowest BCUT2D eigenvalue weighted by Gasteiger charge is -1.94. The van der Waals surface area contributed by atoms with Gasteiger partial charge in [0, 0.05) is 0 Å². The maximum Gasteiger partial charge on any atom is 0.177 e. The molecule has 1 aromatic rings. The third kappa shape index (κ3) is 1.90. The van der Waals surface area contributed by atoms with Gasteiger partial charge in [-0.05, 0) is 12.1 Å². The first kappa shape index (κ1) is 6.81. The van der Waals surface area contributed by atoms with Gasteiger partial charge in [0.05, 0.1) is 0 Å². The molecule has 50 valence electrons. The zero-order valence-corrected chi connectivity index (χ0v) is 5.40. The first-order chi connectivity index (χ1) is 4.93. The van der Waals surface area contributed by atoms with Gasteiger partial charge in [-0.15, -0.1) is 0 Å². The molecule has 1 aromatic carbocycles. The summed E-state index contributed by atoms with van der Waals surface area (Å²) in [6, 6.07) is 9.30. The van der Waals surface area contributed by atoms with Gasteiger partial charge >= 0.3 is 0 Å². The normalized spacial score (nSPS) is 10.1. The molecule has 2 radical (unpaired) electrons. The van der Waals surface area contributed by atoms with E-state index in [0.29, 0.717) is 0 Å². The second kappa shape index (κ2) is 3.67. The van der Waals surface area contributed by atoms with Crippen molar-refractivity contribution in [3.8, 4) is 5.75 Å². The average Bonchev–Trinajstić information content (AvgIpc) is 2.03. The Kier molecular flexibility index (Phi) is 2.49. The van der Waals surface area contributed by atoms with E-state index in [4.69, 9.17) is 11.8 Å². The highest BCUT2D eigenvalue weighted by Gasteiger charge is 1.83. The lowest BCUT2D eigenvalue weighted by molar-refractivity contribution is 0.574. The second-order valence-corrected chi connectivity index (χ2v) is 1.69. The Morgan fingerprint density at radius 3 is 2.60 bits per heavy atom. The van der Waals surface area contributed by atoms with E-state index in [0.717, 1.165) is 5.75 Å². The van der Waals surface area contributed by atoms with Crippen molar-refractivity contribution in [3.05, 3.63) is 37.4 Å². The van der Waals surface area contributed by atoms with Gasteiger partial charge in [-0.2, -0.15) is 0 Å². The van der Waals surface area contributed by atoms with Crippen molar-refractivity contribution in [2.45, 2.75) is 0 Å². The minimum absolute atomic E-state index is 0.733. The number of para-hydroxylation sites is 1. The summed E-state index contributed by atoms with van der Waals surface area (Å²) in [4.78, 5) is 3.18. The Balaban J connectivity index is 2.59. The third-order valence-corrected chi connectivity index (χ3v) is 0.993. The molecule has 0 heterocycles. The van der Waals surface area contributed by atoms with Crippen LogP contribution in [0.25, 0.3) is 0 Å². The minimum atomic E-state index is 0.733. The molecule has 0 aromatic heterocycles. The van der Waals surface area contributed by atoms with E-state index in [1.165, 1.54) is 6.40 Å². The molecule has 1 rings (SSSR count). The molecule has 0 aliphatic carbocycles. The van der Waals surface area contributed by atoms with Gasteiger partial charge in [-0.3, -0.25) is 4.99 Å². The van der Waals surface area contributed by atoms with Crippen LogP contribution in [0, 0.1) is 7.05 Å². The van der Waals surface area contributed by atoms with Crippen molar-refractivity contribution in [1.82, 2.24) is 0 Å². The molecule has 0 N–H and O–H groups in total. The van der Waals surface area contributed by atoms with Gasteiger partial charge in [0.1, 0.15) is 12.8 Å². The van der Waals surface area contributed by atoms with Gasteiger partial charge in [-0.1, -0.05) is 18.2 Å². The Labute approximate surface area is 60.2 Å². The molecule has 2 nitrogen and oxygen atoms in total. The Bertz CT molecular complexity index is 206. The van der Waals surface area contributed by atoms with E-state index in [1.807, 2.05) is 30.3 Å². The summed E-state index contributed by atoms with van der Waals surface area (Å²) in [5.74, 6) is 0.733. The van der Waals surface area contributed by atoms with Crippen molar-refractivity contribution in [2.75, 3.05) is 0 Å². The predicted molar refractivity (Wildman–Crippen MR) is 39.9 cm³/mol. The van der Waals surface area contributed by atoms with Crippen LogP contribution >= 0.6 is 0 Å². The lowest BCUT2D eigenvalue weighted by Crippen LogP contribution is -1.86. The highest BCUT2D eigenvalue weighted by Crippen LogP contribution is 2.06. The number of aliphatic imine (C=N–C) groups is 1. The van der Waals surface area contributed by atoms with E-state index in [-0.39, 0.29) is 0 Å². The molecule has 0 saturated carbocycles. The van der Waals surface area contributed by atoms with E-state index in [9.17, 15) is 0 Å². The zero-order valence-electron chi connectivity index (χ0n) is 5.40. The largest absolute Gasteiger partial charge is 0.446 e. The molecule has 0 unspecified atom stereocenters. The molecule has 0 aliphatic rings. The van der Waals surface area contributed by atoms with Gasteiger partial charge in [0.25, 0.3) is 0 Å². The van der Waals surface area contributed by atoms with Crippen molar-refractivity contribution < 1.29 is 4.74 Å². The lowest BCUT2D eigenvalue weighted by atomic mass is 10.3. The molecule has 0 amide bonds. The summed E-state index contributed by atoms with van der Waals surface area (Å²) < 4.78 is 4.94. The van der Waals surface area contributed by atoms with Crippen LogP contribution in [0.15, 0.2) is 35.3 Å². The van der Waals surface area contributed by atoms with Gasteiger partial charge in [0.2, 0.25) is 0 Å². The van der Waals surface area contributed by atoms with Crippen molar-refractivity contribution in [3.63, 3.8) is 0 Å². The Morgan fingerprint density at radius 1 is 1.30 bits per heavy atom. The van der Waals surface area contributed by atoms with Crippen LogP contribution in [0.5, 0.6) is 5.75 Å². The van der Waals surface area contributed by atoms with Crippen LogP contribution in [0.4, 0.5) is 0 Å². The number of hydrogen-bond acceptors (Lipinski definition) is 2. The molecule has 0 aliphatic heterocycles. The second-order valence-electron chi connectivity index (χ2n) is 1.69. The molecule has 10 heavy (non-hydrogen) atoms. The summed E-state index contributed by atoms with van der Waals surface area (Å²) in [6.45, 7) is 0. The minimum Gasteiger partial charge on any atom is -0.446 e. The summed E-state index contributed by atoms with van der Waals surface area (Å²) in [7, 11) is 4.82. The number of hydrogen-bond donors (Lipinski definition) is 0. The zero-order chi connectivity index (χ0) is 7.23. The first-order valence-corrected chi connectivity index (χ1v) is 2.87. The number of nitrogens with zero attached hydrogens (tertiary/aromatic N) is 1. The molecule has 0 bridgehead atoms. The molecular weight excluding hydrogens is 126 g/mol. The fourth-order valence-corrected chi connectivity index (χ4v) is 0.590. The van der Waals surface area contributed by atoms with E-state index >= 15 is 0 Å². The standard InChI is InChI=1S/C8H7NO/c1-9-7-10-8-5-3-2-4-6-8/h1-7H. The predicted octanol–water partition coefficient (Wildman–Crippen LogP) is 1.76. The van der Waals surface area contributed by atoms with Gasteiger partial charge < -0.3 is 4.74 Å². The smallest absolute Gasteiger partial charge is 0.177 e. The van der Waals surface area contributed by atoms with Crippen LogP contribution in [0.1, 0.15) is 0 Å². The van der Waals surface area contributed by atoms with Crippen molar-refractivity contribution in [1.29, 1.82) is 0 Å². The van der Waals surface area contributed by atoms with Crippen LogP contribution in [-0.2, 0) is 0 Å². The molecule has 0 saturated heterocycles. The highest BCUT2D eigenvalue weighted by atomic mass is 16.5. The molecular formula is C8H7NO. The summed E-state index contributed by atoms with van der Waals surface area (Å²) >= 11 is 0. The van der Waals surface area contributed by atoms with E-state index in [1.54, 1.807) is 0 Å². The van der Waals surface area contributed by atoms with E-state index < -0.39 is 0 Å². The quantitative estimate of drug-likeness (QED) is 0.445. The number of ether oxygens (including phenoxy) is 1. The molecule has 0 spiro atoms. The van der Waals surface area contributed by atoms with Crippen LogP contribution in [0.3, 0.4) is 0 Å². The van der Waals surface area contributed by atoms with Crippen molar-refractivity contribution >= 4 is 6.40 Å². The summed E-state index contributed by atoms with van der Waals surface area (Å²) in [6.07, 6.45) is 1.19. The molecule has 0 atom stereocenters. The monoisotopic (exact) mass is 133 g/mol. The maximum absolute atomic E-state index is 4.94.